The molecule has 1 aliphatic rings. The molecule has 1 aromatic rings. The standard InChI is InChI=1S/C14H17NO4/c16-8-12(14(18)19)15-13(17)11-6-5-9-3-1-2-4-10(9)7-11/h5-7,12,16H,1-4,8H2,(H,15,17)(H,18,19). The average Bonchev–Trinajstić information content (AvgIpc) is 2.43. The van der Waals surface area contributed by atoms with Crippen LogP contribution in [0.1, 0.15) is 34.3 Å². The van der Waals surface area contributed by atoms with Gasteiger partial charge in [0, 0.05) is 5.56 Å². The number of carboxylic acids is 1. The van der Waals surface area contributed by atoms with Crippen molar-refractivity contribution < 1.29 is 19.8 Å². The number of benzene rings is 1. The smallest absolute Gasteiger partial charge is 0.328 e. The van der Waals surface area contributed by atoms with Gasteiger partial charge >= 0.3 is 5.97 Å². The molecule has 3 N–H and O–H groups in total. The first-order valence-electron chi connectivity index (χ1n) is 6.38. The summed E-state index contributed by atoms with van der Waals surface area (Å²) in [5.41, 5.74) is 2.87. The van der Waals surface area contributed by atoms with Crippen molar-refractivity contribution in [2.24, 2.45) is 0 Å². The molecule has 1 unspecified atom stereocenters. The third-order valence-corrected chi connectivity index (χ3v) is 3.40. The summed E-state index contributed by atoms with van der Waals surface area (Å²) in [6.07, 6.45) is 4.28. The molecule has 0 radical (unpaired) electrons. The molecule has 1 aliphatic carbocycles. The van der Waals surface area contributed by atoms with Crippen molar-refractivity contribution in [1.29, 1.82) is 0 Å². The number of carbonyl (C=O) groups excluding carboxylic acids is 1. The second-order valence-corrected chi connectivity index (χ2v) is 4.74. The highest BCUT2D eigenvalue weighted by molar-refractivity contribution is 5.96. The van der Waals surface area contributed by atoms with Crippen LogP contribution in [0.3, 0.4) is 0 Å². The van der Waals surface area contributed by atoms with E-state index in [4.69, 9.17) is 10.2 Å². The maximum absolute atomic E-state index is 11.9. The molecule has 0 fully saturated rings. The summed E-state index contributed by atoms with van der Waals surface area (Å²) in [5, 5.41) is 20.0. The van der Waals surface area contributed by atoms with Gasteiger partial charge in [0.2, 0.25) is 0 Å². The van der Waals surface area contributed by atoms with Gasteiger partial charge in [-0.2, -0.15) is 0 Å². The maximum Gasteiger partial charge on any atom is 0.328 e. The Labute approximate surface area is 111 Å². The molecule has 0 bridgehead atoms. The Kier molecular flexibility index (Phi) is 4.16. The number of hydrogen-bond donors (Lipinski definition) is 3. The third kappa shape index (κ3) is 3.12. The fourth-order valence-corrected chi connectivity index (χ4v) is 2.30. The molecule has 0 spiro atoms. The summed E-state index contributed by atoms with van der Waals surface area (Å²) in [5.74, 6) is -1.70. The Morgan fingerprint density at radius 1 is 1.21 bits per heavy atom. The van der Waals surface area contributed by atoms with E-state index in [0.717, 1.165) is 24.8 Å². The second-order valence-electron chi connectivity index (χ2n) is 4.74. The normalized spacial score (nSPS) is 15.4. The van der Waals surface area contributed by atoms with Gasteiger partial charge in [0.15, 0.2) is 6.04 Å². The van der Waals surface area contributed by atoms with E-state index >= 15 is 0 Å². The lowest BCUT2D eigenvalue weighted by atomic mass is 9.90. The van der Waals surface area contributed by atoms with Crippen LogP contribution < -0.4 is 5.32 Å². The van der Waals surface area contributed by atoms with Crippen molar-refractivity contribution in [3.8, 4) is 0 Å². The van der Waals surface area contributed by atoms with Crippen LogP contribution in [0, 0.1) is 0 Å². The first-order valence-corrected chi connectivity index (χ1v) is 6.38. The molecule has 19 heavy (non-hydrogen) atoms. The predicted octanol–water partition coefficient (Wildman–Crippen LogP) is 0.741. The highest BCUT2D eigenvalue weighted by Crippen LogP contribution is 2.22. The van der Waals surface area contributed by atoms with E-state index in [0.29, 0.717) is 5.56 Å². The van der Waals surface area contributed by atoms with Crippen molar-refractivity contribution >= 4 is 11.9 Å². The van der Waals surface area contributed by atoms with Gasteiger partial charge < -0.3 is 15.5 Å². The van der Waals surface area contributed by atoms with Crippen molar-refractivity contribution in [3.63, 3.8) is 0 Å². The number of aryl methyl sites for hydroxylation is 2. The summed E-state index contributed by atoms with van der Waals surface area (Å²) in [7, 11) is 0. The van der Waals surface area contributed by atoms with Crippen LogP contribution in [-0.4, -0.2) is 34.7 Å². The summed E-state index contributed by atoms with van der Waals surface area (Å²) in [4.78, 5) is 22.7. The zero-order valence-electron chi connectivity index (χ0n) is 10.6. The molecule has 0 saturated carbocycles. The van der Waals surface area contributed by atoms with E-state index < -0.39 is 24.5 Å². The van der Waals surface area contributed by atoms with E-state index in [1.165, 1.54) is 12.0 Å². The monoisotopic (exact) mass is 263 g/mol. The second kappa shape index (κ2) is 5.84. The maximum atomic E-state index is 11.9. The topological polar surface area (TPSA) is 86.6 Å². The number of amides is 1. The van der Waals surface area contributed by atoms with Crippen molar-refractivity contribution in [1.82, 2.24) is 5.32 Å². The van der Waals surface area contributed by atoms with E-state index in [2.05, 4.69) is 5.32 Å². The lowest BCUT2D eigenvalue weighted by Gasteiger charge is -2.17. The van der Waals surface area contributed by atoms with Crippen LogP contribution in [0.25, 0.3) is 0 Å². The van der Waals surface area contributed by atoms with E-state index in [-0.39, 0.29) is 0 Å². The minimum absolute atomic E-state index is 0.445. The van der Waals surface area contributed by atoms with Gasteiger partial charge in [-0.15, -0.1) is 0 Å². The average molecular weight is 263 g/mol. The zero-order chi connectivity index (χ0) is 13.8. The van der Waals surface area contributed by atoms with Crippen LogP contribution in [0.2, 0.25) is 0 Å². The number of carbonyl (C=O) groups is 2. The van der Waals surface area contributed by atoms with Crippen LogP contribution in [0.4, 0.5) is 0 Å². The zero-order valence-corrected chi connectivity index (χ0v) is 10.6. The molecule has 0 heterocycles. The number of fused-ring (bicyclic) bond motifs is 1. The van der Waals surface area contributed by atoms with Gasteiger partial charge in [-0.1, -0.05) is 6.07 Å². The Hall–Kier alpha value is -1.88. The Morgan fingerprint density at radius 3 is 2.53 bits per heavy atom. The van der Waals surface area contributed by atoms with Crippen LogP contribution in [0.5, 0.6) is 0 Å². The Morgan fingerprint density at radius 2 is 1.89 bits per heavy atom. The molecule has 5 nitrogen and oxygen atoms in total. The number of aliphatic hydroxyl groups is 1. The molecule has 0 saturated heterocycles. The first kappa shape index (κ1) is 13.5. The summed E-state index contributed by atoms with van der Waals surface area (Å²) < 4.78 is 0. The molecule has 0 aromatic heterocycles. The van der Waals surface area contributed by atoms with Crippen molar-refractivity contribution in [2.45, 2.75) is 31.7 Å². The molecule has 1 aromatic carbocycles. The quantitative estimate of drug-likeness (QED) is 0.748. The number of nitrogens with one attached hydrogen (secondary N) is 1. The van der Waals surface area contributed by atoms with Crippen LogP contribution >= 0.6 is 0 Å². The lowest BCUT2D eigenvalue weighted by molar-refractivity contribution is -0.140. The number of hydrogen-bond acceptors (Lipinski definition) is 3. The number of rotatable bonds is 4. The molecule has 0 aliphatic heterocycles. The molecule has 1 atom stereocenters. The van der Waals surface area contributed by atoms with E-state index in [9.17, 15) is 9.59 Å². The van der Waals surface area contributed by atoms with Gasteiger partial charge in [-0.05, 0) is 48.9 Å². The summed E-state index contributed by atoms with van der Waals surface area (Å²) in [6, 6.07) is 4.19. The Bertz CT molecular complexity index is 498. The van der Waals surface area contributed by atoms with Crippen molar-refractivity contribution in [2.75, 3.05) is 6.61 Å². The largest absolute Gasteiger partial charge is 0.480 e. The predicted molar refractivity (Wildman–Crippen MR) is 69.1 cm³/mol. The first-order chi connectivity index (χ1) is 9.11. The fraction of sp³-hybridized carbons (Fsp3) is 0.429. The van der Waals surface area contributed by atoms with Crippen molar-refractivity contribution in [3.05, 3.63) is 34.9 Å². The number of aliphatic hydroxyl groups excluding tert-OH is 1. The molecule has 102 valence electrons. The van der Waals surface area contributed by atoms with Gasteiger partial charge in [0.05, 0.1) is 6.61 Å². The highest BCUT2D eigenvalue weighted by Gasteiger charge is 2.20. The highest BCUT2D eigenvalue weighted by atomic mass is 16.4. The summed E-state index contributed by atoms with van der Waals surface area (Å²) >= 11 is 0. The van der Waals surface area contributed by atoms with E-state index in [1.54, 1.807) is 6.07 Å². The molecule has 1 amide bonds. The molecule has 5 heteroatoms. The SMILES string of the molecule is O=C(NC(CO)C(=O)O)c1ccc2c(c1)CCCC2. The molecule has 2 rings (SSSR count). The van der Waals surface area contributed by atoms with Gasteiger partial charge in [-0.25, -0.2) is 4.79 Å². The third-order valence-electron chi connectivity index (χ3n) is 3.40. The molecular formula is C14H17NO4. The minimum atomic E-state index is -1.26. The fourth-order valence-electron chi connectivity index (χ4n) is 2.30. The number of aliphatic carboxylic acids is 1. The molecular weight excluding hydrogens is 246 g/mol. The van der Waals surface area contributed by atoms with E-state index in [1.807, 2.05) is 12.1 Å². The van der Waals surface area contributed by atoms with Gasteiger partial charge in [0.25, 0.3) is 5.91 Å². The van der Waals surface area contributed by atoms with Crippen LogP contribution in [0.15, 0.2) is 18.2 Å². The lowest BCUT2D eigenvalue weighted by Crippen LogP contribution is -2.43. The minimum Gasteiger partial charge on any atom is -0.480 e. The Balaban J connectivity index is 2.13. The van der Waals surface area contributed by atoms with Gasteiger partial charge in [0.1, 0.15) is 0 Å². The van der Waals surface area contributed by atoms with Gasteiger partial charge in [-0.3, -0.25) is 4.79 Å². The van der Waals surface area contributed by atoms with Crippen LogP contribution in [-0.2, 0) is 17.6 Å². The number of carboxylic acid groups (broad SMARTS) is 1. The summed E-state index contributed by atoms with van der Waals surface area (Å²) in [6.45, 7) is -0.619.